The molecule has 0 aliphatic heterocycles. The molecule has 0 spiro atoms. The third kappa shape index (κ3) is 2.81. The second-order valence-corrected chi connectivity index (χ2v) is 4.41. The minimum absolute atomic E-state index is 0.213. The molecule has 0 aliphatic rings. The summed E-state index contributed by atoms with van der Waals surface area (Å²) in [5, 5.41) is 17.1. The molecule has 2 N–H and O–H groups in total. The number of rotatable bonds is 5. The maximum Gasteiger partial charge on any atom is 0.374 e. The molecule has 2 aromatic heterocycles. The van der Waals surface area contributed by atoms with E-state index in [1.165, 1.54) is 0 Å². The van der Waals surface area contributed by atoms with Crippen LogP contribution < -0.4 is 5.32 Å². The molecule has 7 heteroatoms. The van der Waals surface area contributed by atoms with Crippen LogP contribution in [0.1, 0.15) is 10.6 Å². The number of hydrogen-bond acceptors (Lipinski definition) is 5. The molecule has 0 bridgehead atoms. The van der Waals surface area contributed by atoms with Gasteiger partial charge in [-0.1, -0.05) is 12.1 Å². The zero-order valence-corrected chi connectivity index (χ0v) is 11.1. The first-order valence-electron chi connectivity index (χ1n) is 6.45. The molecule has 3 rings (SSSR count). The lowest BCUT2D eigenvalue weighted by Gasteiger charge is -2.09. The Morgan fingerprint density at radius 3 is 2.86 bits per heavy atom. The van der Waals surface area contributed by atoms with E-state index in [9.17, 15) is 4.79 Å². The molecular weight excluding hydrogens is 270 g/mol. The van der Waals surface area contributed by atoms with Crippen molar-refractivity contribution < 1.29 is 9.90 Å². The van der Waals surface area contributed by atoms with Crippen LogP contribution in [0.3, 0.4) is 0 Å². The fourth-order valence-corrected chi connectivity index (χ4v) is 2.03. The lowest BCUT2D eigenvalue weighted by atomic mass is 10.2. The lowest BCUT2D eigenvalue weighted by Crippen LogP contribution is -2.14. The van der Waals surface area contributed by atoms with Crippen LogP contribution in [-0.4, -0.2) is 37.4 Å². The summed E-state index contributed by atoms with van der Waals surface area (Å²) >= 11 is 0. The van der Waals surface area contributed by atoms with Crippen LogP contribution in [0.2, 0.25) is 0 Å². The number of carbonyl (C=O) groups is 1. The van der Waals surface area contributed by atoms with Gasteiger partial charge in [-0.2, -0.15) is 5.10 Å². The zero-order valence-electron chi connectivity index (χ0n) is 11.1. The minimum Gasteiger partial charge on any atom is -0.475 e. The average Bonchev–Trinajstić information content (AvgIpc) is 3.00. The van der Waals surface area contributed by atoms with E-state index in [1.807, 2.05) is 30.5 Å². The fourth-order valence-electron chi connectivity index (χ4n) is 2.03. The minimum atomic E-state index is -1.14. The maximum absolute atomic E-state index is 11.1. The molecule has 106 valence electrons. The molecular formula is C14H13N5O2. The molecule has 21 heavy (non-hydrogen) atoms. The summed E-state index contributed by atoms with van der Waals surface area (Å²) in [6.07, 6.45) is 3.57. The van der Waals surface area contributed by atoms with E-state index in [1.54, 1.807) is 16.9 Å². The Bertz CT molecular complexity index is 770. The number of benzene rings is 1. The van der Waals surface area contributed by atoms with Gasteiger partial charge in [-0.15, -0.1) is 0 Å². The number of aromatic carboxylic acids is 1. The van der Waals surface area contributed by atoms with E-state index in [-0.39, 0.29) is 5.82 Å². The average molecular weight is 283 g/mol. The normalized spacial score (nSPS) is 10.7. The van der Waals surface area contributed by atoms with Crippen molar-refractivity contribution in [2.24, 2.45) is 0 Å². The van der Waals surface area contributed by atoms with E-state index < -0.39 is 5.97 Å². The van der Waals surface area contributed by atoms with E-state index in [4.69, 9.17) is 5.11 Å². The van der Waals surface area contributed by atoms with Gasteiger partial charge < -0.3 is 10.4 Å². The topological polar surface area (TPSA) is 92.9 Å². The van der Waals surface area contributed by atoms with Crippen LogP contribution in [-0.2, 0) is 6.54 Å². The number of aromatic nitrogens is 4. The first kappa shape index (κ1) is 13.0. The van der Waals surface area contributed by atoms with Crippen molar-refractivity contribution in [1.29, 1.82) is 0 Å². The smallest absolute Gasteiger partial charge is 0.374 e. The van der Waals surface area contributed by atoms with Crippen molar-refractivity contribution in [3.05, 3.63) is 48.5 Å². The third-order valence-corrected chi connectivity index (χ3v) is 2.99. The molecule has 0 radical (unpaired) electrons. The van der Waals surface area contributed by atoms with Gasteiger partial charge in [0.15, 0.2) is 0 Å². The largest absolute Gasteiger partial charge is 0.475 e. The second-order valence-electron chi connectivity index (χ2n) is 4.41. The maximum atomic E-state index is 11.1. The first-order valence-corrected chi connectivity index (χ1v) is 6.45. The van der Waals surface area contributed by atoms with E-state index in [2.05, 4.69) is 20.4 Å². The van der Waals surface area contributed by atoms with Gasteiger partial charge in [0.25, 0.3) is 0 Å². The molecule has 0 aliphatic carbocycles. The monoisotopic (exact) mass is 283 g/mol. The number of nitrogens with zero attached hydrogens (tertiary/aromatic N) is 4. The molecule has 2 heterocycles. The molecule has 0 amide bonds. The van der Waals surface area contributed by atoms with Crippen LogP contribution in [0.5, 0.6) is 0 Å². The van der Waals surface area contributed by atoms with E-state index in [0.29, 0.717) is 24.4 Å². The Kier molecular flexibility index (Phi) is 3.46. The van der Waals surface area contributed by atoms with Crippen molar-refractivity contribution in [2.75, 3.05) is 11.9 Å². The highest BCUT2D eigenvalue weighted by Gasteiger charge is 2.12. The molecule has 3 aromatic rings. The summed E-state index contributed by atoms with van der Waals surface area (Å²) in [6.45, 7) is 1.25. The number of nitrogens with one attached hydrogen (secondary N) is 1. The van der Waals surface area contributed by atoms with Crippen LogP contribution in [0, 0.1) is 0 Å². The fraction of sp³-hybridized carbons (Fsp3) is 0.143. The highest BCUT2D eigenvalue weighted by molar-refractivity contribution is 5.93. The van der Waals surface area contributed by atoms with Crippen molar-refractivity contribution in [3.63, 3.8) is 0 Å². The number of carboxylic acids is 1. The van der Waals surface area contributed by atoms with Crippen LogP contribution in [0.15, 0.2) is 42.7 Å². The summed E-state index contributed by atoms with van der Waals surface area (Å²) in [6, 6.07) is 9.15. The highest BCUT2D eigenvalue weighted by Crippen LogP contribution is 2.19. The van der Waals surface area contributed by atoms with Gasteiger partial charge in [0.2, 0.25) is 5.82 Å². The Morgan fingerprint density at radius 2 is 2.10 bits per heavy atom. The van der Waals surface area contributed by atoms with Gasteiger partial charge >= 0.3 is 5.97 Å². The number of carboxylic acid groups (broad SMARTS) is 1. The number of anilines is 1. The summed E-state index contributed by atoms with van der Waals surface area (Å²) in [5.41, 5.74) is 0.603. The van der Waals surface area contributed by atoms with Gasteiger partial charge in [-0.25, -0.2) is 14.8 Å². The molecule has 0 saturated heterocycles. The summed E-state index contributed by atoms with van der Waals surface area (Å²) < 4.78 is 1.79. The van der Waals surface area contributed by atoms with Crippen LogP contribution in [0.4, 0.5) is 5.82 Å². The third-order valence-electron chi connectivity index (χ3n) is 2.99. The van der Waals surface area contributed by atoms with Crippen LogP contribution in [0.25, 0.3) is 10.9 Å². The molecule has 0 unspecified atom stereocenters. The first-order chi connectivity index (χ1) is 10.2. The van der Waals surface area contributed by atoms with Crippen molar-refractivity contribution >= 4 is 22.7 Å². The predicted molar refractivity (Wildman–Crippen MR) is 77.2 cm³/mol. The Hall–Kier alpha value is -2.96. The molecule has 0 atom stereocenters. The van der Waals surface area contributed by atoms with Gasteiger partial charge in [-0.05, 0) is 18.2 Å². The summed E-state index contributed by atoms with van der Waals surface area (Å²) in [5.74, 6) is -0.837. The Balaban J connectivity index is 1.87. The molecule has 1 aromatic carbocycles. The quantitative estimate of drug-likeness (QED) is 0.739. The van der Waals surface area contributed by atoms with E-state index >= 15 is 0 Å². The predicted octanol–water partition coefficient (Wildman–Crippen LogP) is 1.64. The Morgan fingerprint density at radius 1 is 1.24 bits per heavy atom. The summed E-state index contributed by atoms with van der Waals surface area (Å²) in [7, 11) is 0. The lowest BCUT2D eigenvalue weighted by molar-refractivity contribution is 0.0684. The van der Waals surface area contributed by atoms with Gasteiger partial charge in [-0.3, -0.25) is 4.68 Å². The zero-order chi connectivity index (χ0) is 14.7. The number of fused-ring (bicyclic) bond motifs is 1. The van der Waals surface area contributed by atoms with E-state index in [0.717, 1.165) is 5.39 Å². The highest BCUT2D eigenvalue weighted by atomic mass is 16.4. The molecule has 7 nitrogen and oxygen atoms in total. The van der Waals surface area contributed by atoms with Crippen molar-refractivity contribution in [1.82, 2.24) is 19.7 Å². The Labute approximate surface area is 120 Å². The van der Waals surface area contributed by atoms with Crippen molar-refractivity contribution in [3.8, 4) is 0 Å². The number of hydrogen-bond donors (Lipinski definition) is 2. The second kappa shape index (κ2) is 5.58. The van der Waals surface area contributed by atoms with Gasteiger partial charge in [0, 0.05) is 24.3 Å². The molecule has 0 fully saturated rings. The summed E-state index contributed by atoms with van der Waals surface area (Å²) in [4.78, 5) is 19.2. The van der Waals surface area contributed by atoms with Gasteiger partial charge in [0.1, 0.15) is 5.82 Å². The van der Waals surface area contributed by atoms with Crippen molar-refractivity contribution in [2.45, 2.75) is 6.54 Å². The SMILES string of the molecule is O=C(O)c1nc(NCCn2cccn2)c2ccccc2n1. The number of para-hydroxylation sites is 1. The van der Waals surface area contributed by atoms with Gasteiger partial charge in [0.05, 0.1) is 12.1 Å². The molecule has 0 saturated carbocycles. The standard InChI is InChI=1S/C14H13N5O2/c20-14(21)13-17-11-5-2-1-4-10(11)12(18-13)15-7-9-19-8-3-6-16-19/h1-6,8H,7,9H2,(H,20,21)(H,15,17,18). The van der Waals surface area contributed by atoms with Crippen LogP contribution >= 0.6 is 0 Å².